The zero-order chi connectivity index (χ0) is 16.0. The SMILES string of the molecule is C[C@H](NC(=O)Cn1c(=O)sc2ccccc21)[C@H]1C[C@H]2CC[C@H]1C2. The molecule has 0 spiro atoms. The lowest BCUT2D eigenvalue weighted by Crippen LogP contribution is -2.42. The van der Waals surface area contributed by atoms with E-state index < -0.39 is 0 Å². The van der Waals surface area contributed by atoms with Crippen molar-refractivity contribution in [3.63, 3.8) is 0 Å². The Morgan fingerprint density at radius 3 is 2.91 bits per heavy atom. The maximum atomic E-state index is 12.4. The molecule has 0 radical (unpaired) electrons. The van der Waals surface area contributed by atoms with E-state index in [-0.39, 0.29) is 23.4 Å². The van der Waals surface area contributed by atoms with Gasteiger partial charge < -0.3 is 5.32 Å². The number of carbonyl (C=O) groups is 1. The Hall–Kier alpha value is -1.62. The molecule has 1 heterocycles. The molecule has 1 N–H and O–H groups in total. The summed E-state index contributed by atoms with van der Waals surface area (Å²) in [5, 5.41) is 3.14. The van der Waals surface area contributed by atoms with Crippen molar-refractivity contribution in [3.05, 3.63) is 33.9 Å². The molecule has 2 aliphatic rings. The predicted molar refractivity (Wildman–Crippen MR) is 92.6 cm³/mol. The van der Waals surface area contributed by atoms with Crippen LogP contribution >= 0.6 is 11.3 Å². The fourth-order valence-corrected chi connectivity index (χ4v) is 5.51. The molecular weight excluding hydrogens is 308 g/mol. The van der Waals surface area contributed by atoms with Crippen LogP contribution in [0.25, 0.3) is 10.2 Å². The van der Waals surface area contributed by atoms with Crippen molar-refractivity contribution in [3.8, 4) is 0 Å². The van der Waals surface area contributed by atoms with Gasteiger partial charge in [0.2, 0.25) is 5.91 Å². The van der Waals surface area contributed by atoms with E-state index in [1.165, 1.54) is 37.0 Å². The van der Waals surface area contributed by atoms with Crippen molar-refractivity contribution >= 4 is 27.5 Å². The summed E-state index contributed by atoms with van der Waals surface area (Å²) in [5.74, 6) is 2.24. The molecule has 1 aromatic heterocycles. The van der Waals surface area contributed by atoms with Crippen LogP contribution in [0.3, 0.4) is 0 Å². The lowest BCUT2D eigenvalue weighted by Gasteiger charge is -2.28. The molecule has 4 rings (SSSR count). The van der Waals surface area contributed by atoms with Crippen LogP contribution in [0.1, 0.15) is 32.6 Å². The summed E-state index contributed by atoms with van der Waals surface area (Å²) in [5.41, 5.74) is 0.852. The van der Waals surface area contributed by atoms with E-state index in [9.17, 15) is 9.59 Å². The molecular formula is C18H22N2O2S. The number of nitrogens with one attached hydrogen (secondary N) is 1. The minimum Gasteiger partial charge on any atom is -0.352 e. The largest absolute Gasteiger partial charge is 0.352 e. The molecule has 2 aromatic rings. The van der Waals surface area contributed by atoms with Gasteiger partial charge in [-0.15, -0.1) is 0 Å². The number of carbonyl (C=O) groups excluding carboxylic acids is 1. The number of para-hydroxylation sites is 1. The molecule has 4 nitrogen and oxygen atoms in total. The van der Waals surface area contributed by atoms with Gasteiger partial charge in [0.1, 0.15) is 6.54 Å². The van der Waals surface area contributed by atoms with E-state index in [1.54, 1.807) is 4.57 Å². The zero-order valence-corrected chi connectivity index (χ0v) is 14.1. The Balaban J connectivity index is 1.45. The normalized spacial score (nSPS) is 27.4. The summed E-state index contributed by atoms with van der Waals surface area (Å²) >= 11 is 1.20. The van der Waals surface area contributed by atoms with Gasteiger partial charge in [-0.25, -0.2) is 0 Å². The van der Waals surface area contributed by atoms with E-state index in [4.69, 9.17) is 0 Å². The average molecular weight is 330 g/mol. The summed E-state index contributed by atoms with van der Waals surface area (Å²) in [6.07, 6.45) is 5.30. The number of thiazole rings is 1. The second kappa shape index (κ2) is 5.78. The number of aromatic nitrogens is 1. The molecule has 0 unspecified atom stereocenters. The summed E-state index contributed by atoms with van der Waals surface area (Å²) in [4.78, 5) is 24.5. The van der Waals surface area contributed by atoms with E-state index in [0.29, 0.717) is 5.92 Å². The van der Waals surface area contributed by atoms with Gasteiger partial charge in [0.05, 0.1) is 10.2 Å². The van der Waals surface area contributed by atoms with E-state index in [2.05, 4.69) is 12.2 Å². The molecule has 5 heteroatoms. The lowest BCUT2D eigenvalue weighted by molar-refractivity contribution is -0.122. The fraction of sp³-hybridized carbons (Fsp3) is 0.556. The molecule has 1 aromatic carbocycles. The summed E-state index contributed by atoms with van der Waals surface area (Å²) < 4.78 is 2.52. The molecule has 23 heavy (non-hydrogen) atoms. The molecule has 2 bridgehead atoms. The molecule has 0 aliphatic heterocycles. The highest BCUT2D eigenvalue weighted by Gasteiger charge is 2.42. The van der Waals surface area contributed by atoms with Crippen LogP contribution < -0.4 is 10.2 Å². The summed E-state index contributed by atoms with van der Waals surface area (Å²) in [7, 11) is 0. The van der Waals surface area contributed by atoms with Crippen molar-refractivity contribution < 1.29 is 4.79 Å². The Morgan fingerprint density at radius 1 is 1.35 bits per heavy atom. The van der Waals surface area contributed by atoms with E-state index in [1.807, 2.05) is 24.3 Å². The smallest absolute Gasteiger partial charge is 0.308 e. The highest BCUT2D eigenvalue weighted by atomic mass is 32.1. The van der Waals surface area contributed by atoms with Crippen LogP contribution in [-0.4, -0.2) is 16.5 Å². The molecule has 2 saturated carbocycles. The number of amides is 1. The Morgan fingerprint density at radius 2 is 2.17 bits per heavy atom. The van der Waals surface area contributed by atoms with E-state index >= 15 is 0 Å². The van der Waals surface area contributed by atoms with Gasteiger partial charge in [0, 0.05) is 6.04 Å². The van der Waals surface area contributed by atoms with Crippen LogP contribution in [0, 0.1) is 17.8 Å². The number of hydrogen-bond donors (Lipinski definition) is 1. The Kier molecular flexibility index (Phi) is 3.76. The van der Waals surface area contributed by atoms with Gasteiger partial charge in [-0.1, -0.05) is 29.9 Å². The summed E-state index contributed by atoms with van der Waals surface area (Å²) in [6, 6.07) is 7.85. The average Bonchev–Trinajstić information content (AvgIpc) is 3.22. The van der Waals surface area contributed by atoms with Gasteiger partial charge in [0.15, 0.2) is 0 Å². The van der Waals surface area contributed by atoms with Gasteiger partial charge in [-0.05, 0) is 56.1 Å². The predicted octanol–water partition coefficient (Wildman–Crippen LogP) is 3.00. The highest BCUT2D eigenvalue weighted by Crippen LogP contribution is 2.49. The van der Waals surface area contributed by atoms with Crippen molar-refractivity contribution in [1.82, 2.24) is 9.88 Å². The number of rotatable bonds is 4. The number of nitrogens with zero attached hydrogens (tertiary/aromatic N) is 1. The zero-order valence-electron chi connectivity index (χ0n) is 13.3. The van der Waals surface area contributed by atoms with Crippen molar-refractivity contribution in [2.45, 2.75) is 45.2 Å². The third-order valence-electron chi connectivity index (χ3n) is 5.70. The van der Waals surface area contributed by atoms with Crippen molar-refractivity contribution in [1.29, 1.82) is 0 Å². The maximum Gasteiger partial charge on any atom is 0.308 e. The summed E-state index contributed by atoms with van der Waals surface area (Å²) in [6.45, 7) is 2.24. The number of fused-ring (bicyclic) bond motifs is 3. The molecule has 4 atom stereocenters. The maximum absolute atomic E-state index is 12.4. The molecule has 1 amide bonds. The van der Waals surface area contributed by atoms with Gasteiger partial charge >= 0.3 is 4.87 Å². The second-order valence-electron chi connectivity index (χ2n) is 7.12. The van der Waals surface area contributed by atoms with Crippen LogP contribution in [0.2, 0.25) is 0 Å². The van der Waals surface area contributed by atoms with Crippen LogP contribution in [-0.2, 0) is 11.3 Å². The quantitative estimate of drug-likeness (QED) is 0.937. The molecule has 2 aliphatic carbocycles. The number of hydrogen-bond acceptors (Lipinski definition) is 3. The van der Waals surface area contributed by atoms with Crippen LogP contribution in [0.15, 0.2) is 29.1 Å². The van der Waals surface area contributed by atoms with Gasteiger partial charge in [-0.3, -0.25) is 14.2 Å². The topological polar surface area (TPSA) is 51.1 Å². The third kappa shape index (κ3) is 2.71. The van der Waals surface area contributed by atoms with Crippen LogP contribution in [0.4, 0.5) is 0 Å². The van der Waals surface area contributed by atoms with E-state index in [0.717, 1.165) is 22.1 Å². The first-order chi connectivity index (χ1) is 11.1. The first kappa shape index (κ1) is 14.9. The minimum atomic E-state index is -0.0612. The van der Waals surface area contributed by atoms with Crippen LogP contribution in [0.5, 0.6) is 0 Å². The van der Waals surface area contributed by atoms with Gasteiger partial charge in [0.25, 0.3) is 0 Å². The number of benzene rings is 1. The highest BCUT2D eigenvalue weighted by molar-refractivity contribution is 7.16. The first-order valence-electron chi connectivity index (χ1n) is 8.49. The van der Waals surface area contributed by atoms with Crippen molar-refractivity contribution in [2.24, 2.45) is 17.8 Å². The standard InChI is InChI=1S/C18H22N2O2S/c1-11(14-9-12-6-7-13(14)8-12)19-17(21)10-20-15-4-2-3-5-16(15)23-18(20)22/h2-5,11-14H,6-10H2,1H3,(H,19,21)/t11-,12-,13-,14+/m0/s1. The molecule has 2 fully saturated rings. The lowest BCUT2D eigenvalue weighted by atomic mass is 9.84. The third-order valence-corrected chi connectivity index (χ3v) is 6.66. The monoisotopic (exact) mass is 330 g/mol. The second-order valence-corrected chi connectivity index (χ2v) is 8.11. The molecule has 122 valence electrons. The van der Waals surface area contributed by atoms with Gasteiger partial charge in [-0.2, -0.15) is 0 Å². The fourth-order valence-electron chi connectivity index (χ4n) is 4.62. The Bertz CT molecular complexity index is 794. The molecule has 0 saturated heterocycles. The first-order valence-corrected chi connectivity index (χ1v) is 9.31. The van der Waals surface area contributed by atoms with Crippen molar-refractivity contribution in [2.75, 3.05) is 0 Å². The Labute approximate surface area is 139 Å². The minimum absolute atomic E-state index is 0.0501.